The fourth-order valence-corrected chi connectivity index (χ4v) is 4.35. The van der Waals surface area contributed by atoms with Crippen molar-refractivity contribution in [3.63, 3.8) is 0 Å². The van der Waals surface area contributed by atoms with E-state index in [0.29, 0.717) is 26.6 Å². The van der Waals surface area contributed by atoms with Gasteiger partial charge < -0.3 is 8.99 Å². The first-order valence-corrected chi connectivity index (χ1v) is 13.4. The van der Waals surface area contributed by atoms with E-state index in [9.17, 15) is 9.18 Å². The van der Waals surface area contributed by atoms with E-state index in [1.54, 1.807) is 6.07 Å². The first-order valence-electron chi connectivity index (χ1n) is 9.40. The number of pyridine rings is 1. The maximum Gasteiger partial charge on any atom is 0.192 e. The van der Waals surface area contributed by atoms with Gasteiger partial charge in [-0.15, -0.1) is 0 Å². The molecule has 0 saturated heterocycles. The molecule has 2 aromatic rings. The van der Waals surface area contributed by atoms with E-state index >= 15 is 0 Å². The summed E-state index contributed by atoms with van der Waals surface area (Å²) >= 11 is 1.94. The molecule has 0 amide bonds. The number of nitrogens with zero attached hydrogens (tertiary/aromatic N) is 1. The second-order valence-electron chi connectivity index (χ2n) is 9.21. The first-order chi connectivity index (χ1) is 12.3. The van der Waals surface area contributed by atoms with Crippen LogP contribution in [-0.2, 0) is 4.43 Å². The van der Waals surface area contributed by atoms with E-state index in [-0.39, 0.29) is 28.2 Å². The number of aryl methyl sites for hydroxylation is 1. The Morgan fingerprint density at radius 2 is 1.85 bits per heavy atom. The highest BCUT2D eigenvalue weighted by atomic mass is 127. The molecule has 0 saturated carbocycles. The second kappa shape index (κ2) is 7.95. The van der Waals surface area contributed by atoms with Gasteiger partial charge in [-0.25, -0.2) is 4.39 Å². The van der Waals surface area contributed by atoms with Crippen molar-refractivity contribution in [1.82, 2.24) is 4.57 Å². The standard InChI is InChI=1S/C21H31FINO2Si/c1-13(2)19(12-26-27(7,8)21(4,5)6)24-11-14(3)20(25)15-9-17(23)16(22)10-18(15)24/h9-11,13,19H,12H2,1-8H3/t19-/m1/s1. The Morgan fingerprint density at radius 1 is 1.26 bits per heavy atom. The van der Waals surface area contributed by atoms with Crippen molar-refractivity contribution in [2.75, 3.05) is 6.61 Å². The monoisotopic (exact) mass is 503 g/mol. The van der Waals surface area contributed by atoms with Gasteiger partial charge in [0.1, 0.15) is 5.82 Å². The molecule has 0 aliphatic rings. The van der Waals surface area contributed by atoms with Crippen LogP contribution in [-0.4, -0.2) is 19.5 Å². The van der Waals surface area contributed by atoms with E-state index in [1.807, 2.05) is 40.3 Å². The first kappa shape index (κ1) is 22.6. The van der Waals surface area contributed by atoms with Gasteiger partial charge in [0, 0.05) is 20.7 Å². The van der Waals surface area contributed by atoms with Crippen LogP contribution < -0.4 is 5.43 Å². The maximum atomic E-state index is 14.3. The van der Waals surface area contributed by atoms with Crippen LogP contribution >= 0.6 is 22.6 Å². The number of hydrogen-bond donors (Lipinski definition) is 0. The Balaban J connectivity index is 2.58. The zero-order valence-electron chi connectivity index (χ0n) is 17.6. The molecular weight excluding hydrogens is 472 g/mol. The van der Waals surface area contributed by atoms with Gasteiger partial charge in [-0.2, -0.15) is 0 Å². The SMILES string of the molecule is Cc1cn([C@H](CO[Si](C)(C)C(C)(C)C)C(C)C)c2cc(F)c(I)cc2c1=O. The van der Waals surface area contributed by atoms with Crippen molar-refractivity contribution in [2.45, 2.75) is 65.7 Å². The van der Waals surface area contributed by atoms with Gasteiger partial charge in [-0.1, -0.05) is 34.6 Å². The summed E-state index contributed by atoms with van der Waals surface area (Å²) in [4.78, 5) is 12.6. The quantitative estimate of drug-likeness (QED) is 0.356. The number of fused-ring (bicyclic) bond motifs is 1. The molecule has 0 aliphatic carbocycles. The van der Waals surface area contributed by atoms with E-state index in [4.69, 9.17) is 4.43 Å². The number of aromatic nitrogens is 1. The molecule has 1 heterocycles. The molecule has 0 radical (unpaired) electrons. The lowest BCUT2D eigenvalue weighted by molar-refractivity contribution is 0.198. The predicted octanol–water partition coefficient (Wildman–Crippen LogP) is 6.27. The zero-order chi connectivity index (χ0) is 20.7. The molecule has 0 bridgehead atoms. The molecule has 0 N–H and O–H groups in total. The zero-order valence-corrected chi connectivity index (χ0v) is 20.8. The van der Waals surface area contributed by atoms with Crippen LogP contribution in [0.1, 0.15) is 46.2 Å². The fourth-order valence-electron chi connectivity index (χ4n) is 2.86. The van der Waals surface area contributed by atoms with E-state index in [1.165, 1.54) is 6.07 Å². The van der Waals surface area contributed by atoms with Crippen molar-refractivity contribution in [3.8, 4) is 0 Å². The van der Waals surface area contributed by atoms with E-state index < -0.39 is 8.32 Å². The van der Waals surface area contributed by atoms with Crippen molar-refractivity contribution in [2.24, 2.45) is 5.92 Å². The predicted molar refractivity (Wildman–Crippen MR) is 123 cm³/mol. The number of halogens is 2. The Bertz CT molecular complexity index is 900. The van der Waals surface area contributed by atoms with Gasteiger partial charge in [0.05, 0.1) is 18.2 Å². The minimum atomic E-state index is -1.91. The van der Waals surface area contributed by atoms with Crippen molar-refractivity contribution in [1.29, 1.82) is 0 Å². The molecule has 0 spiro atoms. The molecule has 0 aliphatic heterocycles. The van der Waals surface area contributed by atoms with Crippen molar-refractivity contribution in [3.05, 3.63) is 43.5 Å². The summed E-state index contributed by atoms with van der Waals surface area (Å²) in [5, 5.41) is 0.692. The summed E-state index contributed by atoms with van der Waals surface area (Å²) in [7, 11) is -1.91. The second-order valence-corrected chi connectivity index (χ2v) is 15.2. The molecule has 1 aromatic carbocycles. The smallest absolute Gasteiger partial charge is 0.192 e. The average molecular weight is 503 g/mol. The third-order valence-corrected chi connectivity index (χ3v) is 11.1. The molecular formula is C21H31FINO2Si. The van der Waals surface area contributed by atoms with Crippen LogP contribution in [0.4, 0.5) is 4.39 Å². The Morgan fingerprint density at radius 3 is 2.37 bits per heavy atom. The van der Waals surface area contributed by atoms with Gasteiger partial charge >= 0.3 is 0 Å². The minimum absolute atomic E-state index is 0.0281. The fraction of sp³-hybridized carbons (Fsp3) is 0.571. The molecule has 6 heteroatoms. The van der Waals surface area contributed by atoms with Gasteiger partial charge in [0.25, 0.3) is 0 Å². The third-order valence-electron chi connectivity index (χ3n) is 5.80. The van der Waals surface area contributed by atoms with Crippen LogP contribution in [0.5, 0.6) is 0 Å². The highest BCUT2D eigenvalue weighted by Crippen LogP contribution is 2.37. The molecule has 2 rings (SSSR count). The molecule has 0 unspecified atom stereocenters. The third kappa shape index (κ3) is 4.64. The lowest BCUT2D eigenvalue weighted by Crippen LogP contribution is -2.42. The summed E-state index contributed by atoms with van der Waals surface area (Å²) in [6.45, 7) is 17.8. The molecule has 1 atom stereocenters. The normalized spacial score (nSPS) is 14.2. The highest BCUT2D eigenvalue weighted by molar-refractivity contribution is 14.1. The summed E-state index contributed by atoms with van der Waals surface area (Å²) in [6.07, 6.45) is 1.86. The van der Waals surface area contributed by atoms with Crippen LogP contribution in [0.3, 0.4) is 0 Å². The number of hydrogen-bond acceptors (Lipinski definition) is 2. The Hall–Kier alpha value is -0.733. The summed E-state index contributed by atoms with van der Waals surface area (Å²) in [5.74, 6) is -0.0184. The lowest BCUT2D eigenvalue weighted by atomic mass is 10.0. The van der Waals surface area contributed by atoms with Crippen LogP contribution in [0, 0.1) is 22.2 Å². The summed E-state index contributed by atoms with van der Waals surface area (Å²) in [5.41, 5.74) is 1.27. The van der Waals surface area contributed by atoms with Crippen LogP contribution in [0.2, 0.25) is 18.1 Å². The van der Waals surface area contributed by atoms with Crippen LogP contribution in [0.15, 0.2) is 23.1 Å². The van der Waals surface area contributed by atoms with Crippen LogP contribution in [0.25, 0.3) is 10.9 Å². The molecule has 27 heavy (non-hydrogen) atoms. The minimum Gasteiger partial charge on any atom is -0.415 e. The Kier molecular flexibility index (Phi) is 6.64. The number of rotatable bonds is 5. The molecule has 0 fully saturated rings. The summed E-state index contributed by atoms with van der Waals surface area (Å²) < 4.78 is 23.3. The van der Waals surface area contributed by atoms with Gasteiger partial charge in [-0.05, 0) is 65.7 Å². The van der Waals surface area contributed by atoms with E-state index in [0.717, 1.165) is 0 Å². The van der Waals surface area contributed by atoms with Crippen molar-refractivity contribution < 1.29 is 8.82 Å². The largest absolute Gasteiger partial charge is 0.415 e. The molecule has 3 nitrogen and oxygen atoms in total. The van der Waals surface area contributed by atoms with Crippen molar-refractivity contribution >= 4 is 41.8 Å². The average Bonchev–Trinajstić information content (AvgIpc) is 2.52. The van der Waals surface area contributed by atoms with E-state index in [2.05, 4.69) is 47.7 Å². The topological polar surface area (TPSA) is 31.2 Å². The van der Waals surface area contributed by atoms with Gasteiger partial charge in [-0.3, -0.25) is 4.79 Å². The van der Waals surface area contributed by atoms with Gasteiger partial charge in [0.15, 0.2) is 13.7 Å². The highest BCUT2D eigenvalue weighted by Gasteiger charge is 2.38. The molecule has 1 aromatic heterocycles. The molecule has 150 valence electrons. The maximum absolute atomic E-state index is 14.3. The lowest BCUT2D eigenvalue weighted by Gasteiger charge is -2.38. The number of benzene rings is 1. The van der Waals surface area contributed by atoms with Gasteiger partial charge in [0.2, 0.25) is 0 Å². The Labute approximate surface area is 176 Å². The summed E-state index contributed by atoms with van der Waals surface area (Å²) in [6, 6.07) is 3.17.